The molecule has 0 N–H and O–H groups in total. The van der Waals surface area contributed by atoms with E-state index in [2.05, 4.69) is 29.6 Å². The van der Waals surface area contributed by atoms with Gasteiger partial charge in [-0.25, -0.2) is 0 Å². The van der Waals surface area contributed by atoms with Crippen molar-refractivity contribution in [3.05, 3.63) is 14.9 Å². The van der Waals surface area contributed by atoms with Gasteiger partial charge in [-0.2, -0.15) is 0 Å². The summed E-state index contributed by atoms with van der Waals surface area (Å²) < 4.78 is 1.71. The van der Waals surface area contributed by atoms with E-state index in [0.717, 1.165) is 0 Å². The molecule has 0 aliphatic carbocycles. The summed E-state index contributed by atoms with van der Waals surface area (Å²) >= 11 is -2.71. The third kappa shape index (κ3) is 31.3. The molecule has 0 aromatic carbocycles. The molecule has 0 saturated carbocycles. The Labute approximate surface area is 146 Å². The second-order valence-electron chi connectivity index (χ2n) is 5.30. The molecule has 13 heavy (non-hydrogen) atoms. The van der Waals surface area contributed by atoms with Crippen molar-refractivity contribution in [2.75, 3.05) is 0 Å². The first-order valence-electron chi connectivity index (χ1n) is 3.71. The fourth-order valence-electron chi connectivity index (χ4n) is 1.59. The van der Waals surface area contributed by atoms with Gasteiger partial charge in [-0.15, -0.1) is 0 Å². The maximum atomic E-state index is 2.55. The molecule has 0 amide bonds. The van der Waals surface area contributed by atoms with Crippen LogP contribution in [-0.4, -0.2) is 36.8 Å². The molecule has 0 aromatic heterocycles. The minimum Gasteiger partial charge on any atom is 0 e. The third-order valence-electron chi connectivity index (χ3n) is 1.06. The van der Waals surface area contributed by atoms with Gasteiger partial charge in [-0.05, 0) is 0 Å². The predicted molar refractivity (Wildman–Crippen MR) is 64.3 cm³/mol. The number of hydrogen-bond acceptors (Lipinski definition) is 0. The van der Waals surface area contributed by atoms with E-state index in [1.165, 1.54) is 0 Å². The van der Waals surface area contributed by atoms with E-state index in [-0.39, 0.29) is 80.3 Å². The van der Waals surface area contributed by atoms with Crippen LogP contribution in [0.5, 0.6) is 0 Å². The summed E-state index contributed by atoms with van der Waals surface area (Å²) in [4.78, 5) is 15.3. The Morgan fingerprint density at radius 3 is 0.769 bits per heavy atom. The van der Waals surface area contributed by atoms with E-state index < -0.39 is 36.8 Å². The fraction of sp³-hybridized carbons (Fsp3) is 0.778. The summed E-state index contributed by atoms with van der Waals surface area (Å²) in [5, 5.41) is 0. The number of hydrogen-bond donors (Lipinski definition) is 0. The van der Waals surface area contributed by atoms with Gasteiger partial charge in [0.25, 0.3) is 0 Å². The summed E-state index contributed by atoms with van der Waals surface area (Å²) in [6.07, 6.45) is 0. The molecule has 2 radical (unpaired) electrons. The van der Waals surface area contributed by atoms with Crippen LogP contribution in [-0.2, 0) is 65.4 Å². The molecule has 0 saturated heterocycles. The maximum absolute atomic E-state index is 2.55. The van der Waals surface area contributed by atoms with Crippen LogP contribution >= 0.6 is 0 Å². The van der Waals surface area contributed by atoms with E-state index in [0.29, 0.717) is 0 Å². The molecule has 0 bridgehead atoms. The smallest absolute Gasteiger partial charge is 0 e. The minimum atomic E-state index is -1.35. The van der Waals surface area contributed by atoms with E-state index in [1.807, 2.05) is 0 Å². The van der Waals surface area contributed by atoms with Crippen molar-refractivity contribution in [2.24, 2.45) is 0 Å². The molecule has 78 valence electrons. The van der Waals surface area contributed by atoms with Crippen molar-refractivity contribution in [1.82, 2.24) is 0 Å². The Bertz CT molecular complexity index is 80.8. The molecule has 0 spiro atoms. The molecular formula is C9H26Sn2Y2-2. The molecule has 0 heterocycles. The van der Waals surface area contributed by atoms with E-state index in [9.17, 15) is 0 Å². The SMILES string of the molecule is [CH3-].[CH3-].[CH3][Sn]([CH3])([CH3])[CH2][Sn]([CH3])([CH3])[CH3].[Y].[Y]. The standard InChI is InChI=1S/8CH3.CH2.2Sn.2Y/h8*1H3;1H2;;;;/q;;;;;;2*-1;;;;;. The van der Waals surface area contributed by atoms with Gasteiger partial charge in [0.05, 0.1) is 0 Å². The van der Waals surface area contributed by atoms with Crippen LogP contribution in [0.3, 0.4) is 0 Å². The first kappa shape index (κ1) is 30.1. The summed E-state index contributed by atoms with van der Waals surface area (Å²) in [6.45, 7) is 0. The van der Waals surface area contributed by atoms with Crippen LogP contribution < -0.4 is 0 Å². The normalized spacial score (nSPS) is 9.69. The third-order valence-corrected chi connectivity index (χ3v) is 47.7. The summed E-state index contributed by atoms with van der Waals surface area (Å²) in [5.74, 6) is 0. The summed E-state index contributed by atoms with van der Waals surface area (Å²) in [5.41, 5.74) is 0. The first-order valence-corrected chi connectivity index (χ1v) is 24.9. The van der Waals surface area contributed by atoms with Gasteiger partial charge in [0, 0.05) is 65.4 Å². The van der Waals surface area contributed by atoms with E-state index in [4.69, 9.17) is 0 Å². The minimum absolute atomic E-state index is 0. The fourth-order valence-corrected chi connectivity index (χ4v) is 71.6. The second-order valence-corrected chi connectivity index (χ2v) is 42.3. The van der Waals surface area contributed by atoms with Gasteiger partial charge >= 0.3 is 68.8 Å². The average Bonchev–Trinajstić information content (AvgIpc) is 1.14. The van der Waals surface area contributed by atoms with Gasteiger partial charge in [0.15, 0.2) is 0 Å². The van der Waals surface area contributed by atoms with Gasteiger partial charge in [-0.3, -0.25) is 0 Å². The van der Waals surface area contributed by atoms with Crippen LogP contribution in [0.4, 0.5) is 0 Å². The molecule has 0 rings (SSSR count). The van der Waals surface area contributed by atoms with Crippen molar-refractivity contribution in [3.8, 4) is 0 Å². The molecule has 4 heteroatoms. The Balaban J connectivity index is -0.0000000533. The van der Waals surface area contributed by atoms with Crippen LogP contribution in [0.2, 0.25) is 32.1 Å². The van der Waals surface area contributed by atoms with Gasteiger partial charge < -0.3 is 14.9 Å². The Kier molecular flexibility index (Phi) is 28.4. The van der Waals surface area contributed by atoms with Crippen molar-refractivity contribution in [2.45, 2.75) is 32.1 Å². The van der Waals surface area contributed by atoms with Crippen molar-refractivity contribution < 1.29 is 65.4 Å². The summed E-state index contributed by atoms with van der Waals surface area (Å²) in [6, 6.07) is 0. The quantitative estimate of drug-likeness (QED) is 0.360. The average molecular weight is 550 g/mol. The van der Waals surface area contributed by atoms with Gasteiger partial charge in [0.1, 0.15) is 0 Å². The topological polar surface area (TPSA) is 0 Å². The first-order chi connectivity index (χ1) is 3.71. The molecule has 0 unspecified atom stereocenters. The van der Waals surface area contributed by atoms with Crippen molar-refractivity contribution in [3.63, 3.8) is 0 Å². The second kappa shape index (κ2) is 12.3. The molecule has 0 atom stereocenters. The molecule has 0 aliphatic heterocycles. The molecular weight excluding hydrogens is 523 g/mol. The molecule has 0 aliphatic rings. The maximum Gasteiger partial charge on any atom is 0 e. The van der Waals surface area contributed by atoms with Crippen molar-refractivity contribution in [1.29, 1.82) is 0 Å². The van der Waals surface area contributed by atoms with Crippen LogP contribution in [0.15, 0.2) is 0 Å². The summed E-state index contributed by atoms with van der Waals surface area (Å²) in [7, 11) is 0. The monoisotopic (exact) mass is 552 g/mol. The van der Waals surface area contributed by atoms with E-state index >= 15 is 0 Å². The van der Waals surface area contributed by atoms with Crippen molar-refractivity contribution >= 4 is 36.8 Å². The van der Waals surface area contributed by atoms with Gasteiger partial charge in [0.2, 0.25) is 0 Å². The largest absolute Gasteiger partial charge is 0 e. The zero-order valence-corrected chi connectivity index (χ0v) is 22.2. The zero-order chi connectivity index (χ0) is 7.71. The molecule has 0 fully saturated rings. The van der Waals surface area contributed by atoms with Gasteiger partial charge in [-0.1, -0.05) is 0 Å². The molecule has 0 nitrogen and oxygen atoms in total. The Morgan fingerprint density at radius 1 is 0.615 bits per heavy atom. The van der Waals surface area contributed by atoms with Crippen LogP contribution in [0.25, 0.3) is 0 Å². The molecule has 0 aromatic rings. The van der Waals surface area contributed by atoms with Crippen LogP contribution in [0, 0.1) is 14.9 Å². The van der Waals surface area contributed by atoms with E-state index in [1.54, 1.807) is 2.45 Å². The predicted octanol–water partition coefficient (Wildman–Crippen LogP) is 4.10. The Hall–Kier alpha value is 3.81. The van der Waals surface area contributed by atoms with Crippen LogP contribution in [0.1, 0.15) is 0 Å². The Morgan fingerprint density at radius 2 is 0.769 bits per heavy atom. The zero-order valence-electron chi connectivity index (χ0n) is 10.9. The number of rotatable bonds is 2.